The van der Waals surface area contributed by atoms with Crippen molar-refractivity contribution >= 4 is 19.8 Å². The topological polar surface area (TPSA) is 108 Å². The van der Waals surface area contributed by atoms with Crippen LogP contribution in [0.1, 0.15) is 40.0 Å². The number of hydrogen-bond acceptors (Lipinski definition) is 7. The van der Waals surface area contributed by atoms with Gasteiger partial charge in [-0.25, -0.2) is 4.57 Å². The Balaban J connectivity index is 2.46. The molecule has 0 aromatic heterocycles. The van der Waals surface area contributed by atoms with Gasteiger partial charge >= 0.3 is 19.8 Å². The first kappa shape index (κ1) is 22.6. The second-order valence-corrected chi connectivity index (χ2v) is 7.71. The van der Waals surface area contributed by atoms with Gasteiger partial charge in [0.15, 0.2) is 6.10 Å². The fourth-order valence-corrected chi connectivity index (χ4v) is 3.17. The molecule has 3 atom stereocenters. The van der Waals surface area contributed by atoms with E-state index in [4.69, 9.17) is 18.5 Å². The van der Waals surface area contributed by atoms with Crippen LogP contribution in [0.2, 0.25) is 0 Å². The first-order valence-electron chi connectivity index (χ1n) is 8.35. The summed E-state index contributed by atoms with van der Waals surface area (Å²) in [5.74, 6) is -0.761. The molecule has 0 saturated heterocycles. The van der Waals surface area contributed by atoms with Crippen LogP contribution < -0.4 is 0 Å². The lowest BCUT2D eigenvalue weighted by molar-refractivity contribution is -0.158. The van der Waals surface area contributed by atoms with E-state index in [-0.39, 0.29) is 13.2 Å². The summed E-state index contributed by atoms with van der Waals surface area (Å²) in [6.07, 6.45) is 3.52. The Kier molecular flexibility index (Phi) is 9.22. The van der Waals surface area contributed by atoms with Crippen molar-refractivity contribution in [3.63, 3.8) is 0 Å². The van der Waals surface area contributed by atoms with Crippen LogP contribution in [-0.2, 0) is 32.7 Å². The van der Waals surface area contributed by atoms with Crippen LogP contribution >= 0.6 is 7.82 Å². The molecule has 3 unspecified atom stereocenters. The molecule has 0 aliphatic heterocycles. The minimum atomic E-state index is -4.33. The van der Waals surface area contributed by atoms with Crippen molar-refractivity contribution in [3.8, 4) is 0 Å². The molecular weight excluding hydrogens is 363 g/mol. The number of phosphoric ester groups is 1. The Bertz CT molecular complexity index is 598. The highest BCUT2D eigenvalue weighted by Gasteiger charge is 2.26. The molecule has 8 nitrogen and oxygen atoms in total. The zero-order valence-electron chi connectivity index (χ0n) is 15.4. The Morgan fingerprint density at radius 1 is 1.27 bits per heavy atom. The van der Waals surface area contributed by atoms with Crippen molar-refractivity contribution in [3.05, 3.63) is 23.8 Å². The van der Waals surface area contributed by atoms with Crippen LogP contribution in [0.15, 0.2) is 23.8 Å². The fraction of sp³-hybridized carbons (Fsp3) is 0.647. The molecule has 0 amide bonds. The molecule has 0 aromatic carbocycles. The van der Waals surface area contributed by atoms with Gasteiger partial charge in [0, 0.05) is 13.8 Å². The first-order valence-corrected chi connectivity index (χ1v) is 9.84. The molecule has 0 saturated carbocycles. The smallest absolute Gasteiger partial charge is 0.462 e. The minimum Gasteiger partial charge on any atom is -0.462 e. The summed E-state index contributed by atoms with van der Waals surface area (Å²) < 4.78 is 31.4. The van der Waals surface area contributed by atoms with Crippen molar-refractivity contribution in [2.24, 2.45) is 5.92 Å². The van der Waals surface area contributed by atoms with E-state index in [9.17, 15) is 19.0 Å². The number of esters is 2. The third kappa shape index (κ3) is 9.29. The maximum atomic E-state index is 12.0. The summed E-state index contributed by atoms with van der Waals surface area (Å²) in [7, 11) is -4.33. The minimum absolute atomic E-state index is 0.0150. The molecule has 1 aliphatic rings. The van der Waals surface area contributed by atoms with E-state index in [0.29, 0.717) is 5.92 Å². The van der Waals surface area contributed by atoms with Gasteiger partial charge in [-0.1, -0.05) is 18.2 Å². The molecule has 9 heteroatoms. The molecule has 26 heavy (non-hydrogen) atoms. The number of hydrogen-bond donors (Lipinski definition) is 1. The lowest BCUT2D eigenvalue weighted by Crippen LogP contribution is -2.28. The van der Waals surface area contributed by atoms with Crippen LogP contribution in [0.25, 0.3) is 0 Å². The molecule has 0 fully saturated rings. The largest absolute Gasteiger partial charge is 0.472 e. The Morgan fingerprint density at radius 3 is 2.46 bits per heavy atom. The van der Waals surface area contributed by atoms with Crippen LogP contribution in [0, 0.1) is 5.92 Å². The van der Waals surface area contributed by atoms with E-state index in [2.05, 4.69) is 6.58 Å². The number of allylic oxidation sites excluding steroid dienone is 2. The van der Waals surface area contributed by atoms with Crippen LogP contribution in [0.5, 0.6) is 0 Å². The molecule has 0 aromatic rings. The lowest BCUT2D eigenvalue weighted by atomic mass is 9.86. The van der Waals surface area contributed by atoms with Crippen molar-refractivity contribution in [2.45, 2.75) is 46.1 Å². The molecular formula is C17H27O8P. The fourth-order valence-electron chi connectivity index (χ4n) is 2.41. The van der Waals surface area contributed by atoms with E-state index in [1.165, 1.54) is 13.8 Å². The average molecular weight is 390 g/mol. The van der Waals surface area contributed by atoms with Crippen LogP contribution in [-0.4, -0.2) is 42.8 Å². The van der Waals surface area contributed by atoms with E-state index in [1.54, 1.807) is 0 Å². The van der Waals surface area contributed by atoms with Crippen molar-refractivity contribution < 1.29 is 37.6 Å². The maximum Gasteiger partial charge on any atom is 0.472 e. The molecule has 0 heterocycles. The van der Waals surface area contributed by atoms with Crippen molar-refractivity contribution in [2.75, 3.05) is 19.8 Å². The zero-order chi connectivity index (χ0) is 19.7. The Morgan fingerprint density at radius 2 is 1.96 bits per heavy atom. The second-order valence-electron chi connectivity index (χ2n) is 6.25. The Labute approximate surface area is 153 Å². The molecule has 1 aliphatic carbocycles. The first-order chi connectivity index (χ1) is 12.1. The third-order valence-electron chi connectivity index (χ3n) is 3.84. The second kappa shape index (κ2) is 10.6. The molecule has 0 radical (unpaired) electrons. The van der Waals surface area contributed by atoms with Gasteiger partial charge in [0.2, 0.25) is 0 Å². The SMILES string of the molecule is C=C(C)C1CC=C(COP(=O)(O)OCC(COC(C)=O)OC(C)=O)CC1. The number of carbonyl (C=O) groups is 2. The Hall–Kier alpha value is -1.47. The molecule has 0 bridgehead atoms. The van der Waals surface area contributed by atoms with Gasteiger partial charge in [0.25, 0.3) is 0 Å². The maximum absolute atomic E-state index is 12.0. The van der Waals surface area contributed by atoms with Gasteiger partial charge in [0.1, 0.15) is 6.61 Å². The zero-order valence-corrected chi connectivity index (χ0v) is 16.3. The molecule has 0 spiro atoms. The predicted molar refractivity (Wildman–Crippen MR) is 94.2 cm³/mol. The summed E-state index contributed by atoms with van der Waals surface area (Å²) in [6, 6.07) is 0. The average Bonchev–Trinajstić information content (AvgIpc) is 2.55. The van der Waals surface area contributed by atoms with E-state index < -0.39 is 32.5 Å². The van der Waals surface area contributed by atoms with Gasteiger partial charge in [-0.05, 0) is 37.7 Å². The van der Waals surface area contributed by atoms with E-state index >= 15 is 0 Å². The summed E-state index contributed by atoms with van der Waals surface area (Å²) in [5.41, 5.74) is 2.05. The van der Waals surface area contributed by atoms with Crippen molar-refractivity contribution in [1.29, 1.82) is 0 Å². The van der Waals surface area contributed by atoms with Crippen LogP contribution in [0.4, 0.5) is 0 Å². The van der Waals surface area contributed by atoms with E-state index in [1.807, 2.05) is 13.0 Å². The molecule has 1 rings (SSSR count). The summed E-state index contributed by atoms with van der Waals surface area (Å²) in [4.78, 5) is 31.6. The summed E-state index contributed by atoms with van der Waals surface area (Å²) >= 11 is 0. The highest BCUT2D eigenvalue weighted by atomic mass is 31.2. The quantitative estimate of drug-likeness (QED) is 0.345. The lowest BCUT2D eigenvalue weighted by Gasteiger charge is -2.23. The van der Waals surface area contributed by atoms with Gasteiger partial charge in [-0.2, -0.15) is 0 Å². The summed E-state index contributed by atoms with van der Waals surface area (Å²) in [6.45, 7) is 7.58. The van der Waals surface area contributed by atoms with Gasteiger partial charge in [-0.15, -0.1) is 0 Å². The monoisotopic (exact) mass is 390 g/mol. The van der Waals surface area contributed by atoms with Gasteiger partial charge < -0.3 is 14.4 Å². The molecule has 1 N–H and O–H groups in total. The molecule has 148 valence electrons. The number of ether oxygens (including phenoxy) is 2. The van der Waals surface area contributed by atoms with Gasteiger partial charge in [-0.3, -0.25) is 18.6 Å². The highest BCUT2D eigenvalue weighted by Crippen LogP contribution is 2.44. The summed E-state index contributed by atoms with van der Waals surface area (Å²) in [5, 5.41) is 0. The third-order valence-corrected chi connectivity index (χ3v) is 4.77. The number of rotatable bonds is 10. The van der Waals surface area contributed by atoms with E-state index in [0.717, 1.165) is 30.4 Å². The highest BCUT2D eigenvalue weighted by molar-refractivity contribution is 7.47. The van der Waals surface area contributed by atoms with Crippen molar-refractivity contribution in [1.82, 2.24) is 0 Å². The number of carbonyl (C=O) groups excluding carboxylic acids is 2. The van der Waals surface area contributed by atoms with Gasteiger partial charge in [0.05, 0.1) is 13.2 Å². The number of phosphoric acid groups is 1. The normalized spacial score (nSPS) is 20.5. The predicted octanol–water partition coefficient (Wildman–Crippen LogP) is 2.92. The standard InChI is InChI=1S/C17H27O8P/c1-12(2)16-7-5-15(6-8-16)9-23-26(20,21)24-11-17(25-14(4)19)10-22-13(3)18/h5,16-17H,1,6-11H2,2-4H3,(H,20,21). The van der Waals surface area contributed by atoms with Crippen LogP contribution in [0.3, 0.4) is 0 Å².